The van der Waals surface area contributed by atoms with Gasteiger partial charge in [-0.1, -0.05) is 32.0 Å². The molecular weight excluding hydrogens is 408 g/mol. The number of amides is 1. The summed E-state index contributed by atoms with van der Waals surface area (Å²) in [6.07, 6.45) is 0.864. The largest absolute Gasteiger partial charge is 0.493 e. The van der Waals surface area contributed by atoms with Crippen LogP contribution in [0.2, 0.25) is 0 Å². The van der Waals surface area contributed by atoms with Crippen LogP contribution in [0.25, 0.3) is 22.2 Å². The zero-order valence-corrected chi connectivity index (χ0v) is 18.8. The van der Waals surface area contributed by atoms with E-state index in [-0.39, 0.29) is 12.5 Å². The maximum absolute atomic E-state index is 12.9. The van der Waals surface area contributed by atoms with E-state index in [1.807, 2.05) is 24.3 Å². The van der Waals surface area contributed by atoms with Gasteiger partial charge in [0, 0.05) is 17.5 Å². The molecule has 2 aromatic carbocycles. The van der Waals surface area contributed by atoms with Crippen molar-refractivity contribution in [3.63, 3.8) is 0 Å². The number of para-hydroxylation sites is 1. The van der Waals surface area contributed by atoms with Gasteiger partial charge in [0.05, 0.1) is 31.0 Å². The molecule has 7 heteroatoms. The second-order valence-electron chi connectivity index (χ2n) is 7.75. The molecule has 0 saturated heterocycles. The number of hydrogen-bond acceptors (Lipinski definition) is 6. The Balaban J connectivity index is 1.87. The number of aromatic nitrogens is 1. The standard InChI is InChI=1S/C25H28N2O5/c1-16(2)11-12-26-24(28)15-32-25(29)19-14-21(27-20-8-6-5-7-18(19)20)17-9-10-22(30-3)23(13-17)31-4/h5-10,13-14,16H,11-12,15H2,1-4H3,(H,26,28). The number of hydrogen-bond donors (Lipinski definition) is 1. The Morgan fingerprint density at radius 2 is 1.75 bits per heavy atom. The lowest BCUT2D eigenvalue weighted by molar-refractivity contribution is -0.124. The van der Waals surface area contributed by atoms with E-state index in [1.54, 1.807) is 38.5 Å². The number of carbonyl (C=O) groups excluding carboxylic acids is 2. The van der Waals surface area contributed by atoms with Gasteiger partial charge in [0.15, 0.2) is 18.1 Å². The molecule has 0 fully saturated rings. The van der Waals surface area contributed by atoms with Crippen molar-refractivity contribution in [2.24, 2.45) is 5.92 Å². The lowest BCUT2D eigenvalue weighted by Gasteiger charge is -2.12. The minimum atomic E-state index is -0.579. The van der Waals surface area contributed by atoms with Crippen molar-refractivity contribution in [1.29, 1.82) is 0 Å². The molecule has 0 aliphatic carbocycles. The van der Waals surface area contributed by atoms with Crippen LogP contribution in [0.1, 0.15) is 30.6 Å². The first-order valence-electron chi connectivity index (χ1n) is 10.5. The Morgan fingerprint density at radius 3 is 2.47 bits per heavy atom. The average molecular weight is 437 g/mol. The minimum Gasteiger partial charge on any atom is -0.493 e. The number of esters is 1. The van der Waals surface area contributed by atoms with Gasteiger partial charge in [-0.05, 0) is 42.7 Å². The van der Waals surface area contributed by atoms with Crippen molar-refractivity contribution >= 4 is 22.8 Å². The Bertz CT molecular complexity index is 1110. The molecule has 0 unspecified atom stereocenters. The highest BCUT2D eigenvalue weighted by molar-refractivity contribution is 6.05. The van der Waals surface area contributed by atoms with E-state index in [2.05, 4.69) is 24.1 Å². The van der Waals surface area contributed by atoms with Crippen LogP contribution >= 0.6 is 0 Å². The molecule has 0 aliphatic rings. The summed E-state index contributed by atoms with van der Waals surface area (Å²) in [6.45, 7) is 4.38. The second kappa shape index (κ2) is 10.6. The lowest BCUT2D eigenvalue weighted by atomic mass is 10.0. The van der Waals surface area contributed by atoms with Crippen LogP contribution in [0, 0.1) is 5.92 Å². The number of nitrogens with zero attached hydrogens (tertiary/aromatic N) is 1. The number of fused-ring (bicyclic) bond motifs is 1. The normalized spacial score (nSPS) is 10.8. The molecule has 3 aromatic rings. The fourth-order valence-electron chi connectivity index (χ4n) is 3.25. The molecule has 0 bridgehead atoms. The molecule has 1 heterocycles. The molecule has 0 radical (unpaired) electrons. The molecular formula is C25H28N2O5. The highest BCUT2D eigenvalue weighted by Crippen LogP contribution is 2.33. The van der Waals surface area contributed by atoms with Gasteiger partial charge in [0.1, 0.15) is 0 Å². The molecule has 3 rings (SSSR count). The van der Waals surface area contributed by atoms with Crippen LogP contribution in [-0.4, -0.2) is 44.2 Å². The van der Waals surface area contributed by atoms with E-state index in [0.29, 0.717) is 46.1 Å². The predicted molar refractivity (Wildman–Crippen MR) is 123 cm³/mol. The van der Waals surface area contributed by atoms with Gasteiger partial charge in [0.25, 0.3) is 5.91 Å². The van der Waals surface area contributed by atoms with Gasteiger partial charge >= 0.3 is 5.97 Å². The summed E-state index contributed by atoms with van der Waals surface area (Å²) in [5.41, 5.74) is 2.33. The average Bonchev–Trinajstić information content (AvgIpc) is 2.81. The second-order valence-corrected chi connectivity index (χ2v) is 7.75. The van der Waals surface area contributed by atoms with Crippen molar-refractivity contribution in [1.82, 2.24) is 10.3 Å². The zero-order valence-electron chi connectivity index (χ0n) is 18.8. The van der Waals surface area contributed by atoms with Crippen molar-refractivity contribution in [2.75, 3.05) is 27.4 Å². The van der Waals surface area contributed by atoms with Gasteiger partial charge in [-0.3, -0.25) is 4.79 Å². The number of nitrogens with one attached hydrogen (secondary N) is 1. The fourth-order valence-corrected chi connectivity index (χ4v) is 3.25. The van der Waals surface area contributed by atoms with Crippen LogP contribution in [0.3, 0.4) is 0 Å². The van der Waals surface area contributed by atoms with Crippen molar-refractivity contribution in [3.8, 4) is 22.8 Å². The quantitative estimate of drug-likeness (QED) is 0.505. The SMILES string of the molecule is COc1ccc(-c2cc(C(=O)OCC(=O)NCCC(C)C)c3ccccc3n2)cc1OC. The van der Waals surface area contributed by atoms with Gasteiger partial charge in [0.2, 0.25) is 0 Å². The molecule has 7 nitrogen and oxygen atoms in total. The van der Waals surface area contributed by atoms with Gasteiger partial charge in [-0.25, -0.2) is 9.78 Å². The first kappa shape index (κ1) is 23.1. The van der Waals surface area contributed by atoms with Gasteiger partial charge in [-0.15, -0.1) is 0 Å². The maximum Gasteiger partial charge on any atom is 0.339 e. The molecule has 32 heavy (non-hydrogen) atoms. The van der Waals surface area contributed by atoms with Gasteiger partial charge in [-0.2, -0.15) is 0 Å². The first-order valence-corrected chi connectivity index (χ1v) is 10.5. The van der Waals surface area contributed by atoms with Crippen LogP contribution in [0.4, 0.5) is 0 Å². The summed E-state index contributed by atoms with van der Waals surface area (Å²) in [4.78, 5) is 29.6. The summed E-state index contributed by atoms with van der Waals surface area (Å²) in [5, 5.41) is 3.42. The Labute approximate surface area is 187 Å². The lowest BCUT2D eigenvalue weighted by Crippen LogP contribution is -2.30. The summed E-state index contributed by atoms with van der Waals surface area (Å²) in [5.74, 6) is 0.736. The number of ether oxygens (including phenoxy) is 3. The van der Waals surface area contributed by atoms with Crippen molar-refractivity contribution in [2.45, 2.75) is 20.3 Å². The molecule has 1 N–H and O–H groups in total. The molecule has 0 saturated carbocycles. The van der Waals surface area contributed by atoms with Crippen LogP contribution in [-0.2, 0) is 9.53 Å². The topological polar surface area (TPSA) is 86.8 Å². The van der Waals surface area contributed by atoms with E-state index in [0.717, 1.165) is 12.0 Å². The number of rotatable bonds is 9. The Hall–Kier alpha value is -3.61. The Morgan fingerprint density at radius 1 is 1.00 bits per heavy atom. The van der Waals surface area contributed by atoms with Crippen LogP contribution < -0.4 is 14.8 Å². The van der Waals surface area contributed by atoms with E-state index in [4.69, 9.17) is 14.2 Å². The van der Waals surface area contributed by atoms with E-state index >= 15 is 0 Å². The summed E-state index contributed by atoms with van der Waals surface area (Å²) in [6, 6.07) is 14.4. The molecule has 0 aliphatic heterocycles. The highest BCUT2D eigenvalue weighted by Gasteiger charge is 2.17. The minimum absolute atomic E-state index is 0.322. The molecule has 1 aromatic heterocycles. The monoisotopic (exact) mass is 436 g/mol. The van der Waals surface area contributed by atoms with Gasteiger partial charge < -0.3 is 19.5 Å². The van der Waals surface area contributed by atoms with Crippen molar-refractivity contribution < 1.29 is 23.8 Å². The van der Waals surface area contributed by atoms with Crippen LogP contribution in [0.5, 0.6) is 11.5 Å². The number of benzene rings is 2. The molecule has 0 atom stereocenters. The molecule has 168 valence electrons. The van der Waals surface area contributed by atoms with E-state index < -0.39 is 5.97 Å². The number of pyridine rings is 1. The first-order chi connectivity index (χ1) is 15.4. The number of carbonyl (C=O) groups is 2. The summed E-state index contributed by atoms with van der Waals surface area (Å²) >= 11 is 0. The zero-order chi connectivity index (χ0) is 23.1. The third-order valence-corrected chi connectivity index (χ3v) is 4.99. The summed E-state index contributed by atoms with van der Waals surface area (Å²) < 4.78 is 16.0. The highest BCUT2D eigenvalue weighted by atomic mass is 16.5. The summed E-state index contributed by atoms with van der Waals surface area (Å²) in [7, 11) is 3.13. The van der Waals surface area contributed by atoms with E-state index in [1.165, 1.54) is 0 Å². The maximum atomic E-state index is 12.9. The Kier molecular flexibility index (Phi) is 7.65. The smallest absolute Gasteiger partial charge is 0.339 e. The molecule has 1 amide bonds. The third kappa shape index (κ3) is 5.55. The number of methoxy groups -OCH3 is 2. The fraction of sp³-hybridized carbons (Fsp3) is 0.320. The molecule has 0 spiro atoms. The van der Waals surface area contributed by atoms with Crippen molar-refractivity contribution in [3.05, 3.63) is 54.1 Å². The van der Waals surface area contributed by atoms with Crippen LogP contribution in [0.15, 0.2) is 48.5 Å². The van der Waals surface area contributed by atoms with E-state index in [9.17, 15) is 9.59 Å². The predicted octanol–water partition coefficient (Wildman–Crippen LogP) is 4.24. The third-order valence-electron chi connectivity index (χ3n) is 4.99.